The van der Waals surface area contributed by atoms with Crippen molar-refractivity contribution >= 4 is 23.2 Å². The summed E-state index contributed by atoms with van der Waals surface area (Å²) in [5.74, 6) is 0.508. The van der Waals surface area contributed by atoms with Crippen molar-refractivity contribution in [2.24, 2.45) is 4.99 Å². The lowest BCUT2D eigenvalue weighted by atomic mass is 9.99. The molecule has 0 saturated carbocycles. The molecule has 1 saturated heterocycles. The Labute approximate surface area is 204 Å². The number of carbonyl (C=O) groups excluding carboxylic acids is 1. The molecule has 0 radical (unpaired) electrons. The lowest BCUT2D eigenvalue weighted by Crippen LogP contribution is -2.36. The second kappa shape index (κ2) is 8.42. The van der Waals surface area contributed by atoms with E-state index >= 15 is 0 Å². The molecular formula is C26H31N5O4. The largest absolute Gasteiger partial charge is 0.507 e. The number of carbonyl (C=O) groups is 1. The lowest BCUT2D eigenvalue weighted by Gasteiger charge is -2.29. The van der Waals surface area contributed by atoms with Gasteiger partial charge in [0.2, 0.25) is 0 Å². The fourth-order valence-corrected chi connectivity index (χ4v) is 5.23. The fourth-order valence-electron chi connectivity index (χ4n) is 5.23. The number of hydrogen-bond donors (Lipinski definition) is 3. The zero-order valence-electron chi connectivity index (χ0n) is 20.1. The molecule has 184 valence electrons. The first kappa shape index (κ1) is 22.2. The van der Waals surface area contributed by atoms with Crippen LogP contribution in [0.3, 0.4) is 0 Å². The first-order valence-electron chi connectivity index (χ1n) is 12.2. The van der Waals surface area contributed by atoms with Crippen LogP contribution in [0.15, 0.2) is 35.3 Å². The third kappa shape index (κ3) is 4.19. The molecule has 1 unspecified atom stereocenters. The SMILES string of the molecule is CC1(C)COC(CC2NNc3cc(O)c(C(=O)N4Cc5ccc(N6CCOCC6)cc5C4)cc32)=N1. The van der Waals surface area contributed by atoms with Gasteiger partial charge in [-0.3, -0.25) is 4.79 Å². The van der Waals surface area contributed by atoms with Crippen LogP contribution in [0.5, 0.6) is 5.75 Å². The molecule has 2 aromatic carbocycles. The van der Waals surface area contributed by atoms with Crippen molar-refractivity contribution < 1.29 is 19.4 Å². The number of nitrogens with zero attached hydrogens (tertiary/aromatic N) is 3. The van der Waals surface area contributed by atoms with Crippen LogP contribution < -0.4 is 15.8 Å². The smallest absolute Gasteiger partial charge is 0.258 e. The van der Waals surface area contributed by atoms with Crippen LogP contribution in [0, 0.1) is 0 Å². The average Bonchev–Trinajstić information content (AvgIpc) is 3.54. The van der Waals surface area contributed by atoms with E-state index in [1.165, 1.54) is 5.69 Å². The highest BCUT2D eigenvalue weighted by atomic mass is 16.5. The van der Waals surface area contributed by atoms with Gasteiger partial charge in [0.1, 0.15) is 12.4 Å². The van der Waals surface area contributed by atoms with E-state index in [4.69, 9.17) is 9.47 Å². The van der Waals surface area contributed by atoms with Crippen molar-refractivity contribution in [1.82, 2.24) is 10.3 Å². The number of fused-ring (bicyclic) bond motifs is 2. The summed E-state index contributed by atoms with van der Waals surface area (Å²) in [5.41, 5.74) is 11.6. The summed E-state index contributed by atoms with van der Waals surface area (Å²) < 4.78 is 11.2. The first-order chi connectivity index (χ1) is 16.9. The Hall–Kier alpha value is -3.30. The minimum Gasteiger partial charge on any atom is -0.507 e. The Balaban J connectivity index is 1.20. The highest BCUT2D eigenvalue weighted by molar-refractivity contribution is 5.98. The Morgan fingerprint density at radius 1 is 1.17 bits per heavy atom. The number of rotatable bonds is 4. The number of ether oxygens (including phenoxy) is 2. The second-order valence-electron chi connectivity index (χ2n) is 10.3. The molecule has 9 nitrogen and oxygen atoms in total. The van der Waals surface area contributed by atoms with Crippen LogP contribution in [0.25, 0.3) is 0 Å². The Bertz CT molecular complexity index is 1200. The third-order valence-corrected chi connectivity index (χ3v) is 7.13. The van der Waals surface area contributed by atoms with Gasteiger partial charge in [0, 0.05) is 44.4 Å². The summed E-state index contributed by atoms with van der Waals surface area (Å²) in [4.78, 5) is 22.3. The Kier molecular flexibility index (Phi) is 5.34. The Morgan fingerprint density at radius 2 is 1.97 bits per heavy atom. The molecule has 4 aliphatic rings. The molecule has 1 amide bonds. The van der Waals surface area contributed by atoms with Gasteiger partial charge in [-0.1, -0.05) is 6.07 Å². The van der Waals surface area contributed by atoms with E-state index in [2.05, 4.69) is 38.9 Å². The summed E-state index contributed by atoms with van der Waals surface area (Å²) >= 11 is 0. The summed E-state index contributed by atoms with van der Waals surface area (Å²) in [7, 11) is 0. The third-order valence-electron chi connectivity index (χ3n) is 7.13. The Morgan fingerprint density at radius 3 is 2.74 bits per heavy atom. The monoisotopic (exact) mass is 477 g/mol. The van der Waals surface area contributed by atoms with E-state index in [1.807, 2.05) is 13.8 Å². The molecule has 0 bridgehead atoms. The van der Waals surface area contributed by atoms with Gasteiger partial charge in [-0.25, -0.2) is 10.4 Å². The van der Waals surface area contributed by atoms with E-state index in [-0.39, 0.29) is 23.2 Å². The molecular weight excluding hydrogens is 446 g/mol. The van der Waals surface area contributed by atoms with E-state index in [1.54, 1.807) is 17.0 Å². The molecule has 4 heterocycles. The van der Waals surface area contributed by atoms with Gasteiger partial charge in [0.05, 0.1) is 36.0 Å². The maximum atomic E-state index is 13.5. The van der Waals surface area contributed by atoms with Crippen molar-refractivity contribution in [3.8, 4) is 5.75 Å². The molecule has 2 aromatic rings. The van der Waals surface area contributed by atoms with Gasteiger partial charge in [0.25, 0.3) is 5.91 Å². The topological polar surface area (TPSA) is 98.7 Å². The maximum Gasteiger partial charge on any atom is 0.258 e. The number of aliphatic imine (C=N–C) groups is 1. The van der Waals surface area contributed by atoms with Crippen LogP contribution >= 0.6 is 0 Å². The minimum absolute atomic E-state index is 0.0238. The van der Waals surface area contributed by atoms with Crippen molar-refractivity contribution in [3.63, 3.8) is 0 Å². The number of benzene rings is 2. The van der Waals surface area contributed by atoms with Crippen molar-refractivity contribution in [3.05, 3.63) is 52.6 Å². The highest BCUT2D eigenvalue weighted by Crippen LogP contribution is 2.38. The van der Waals surface area contributed by atoms with Gasteiger partial charge in [-0.15, -0.1) is 0 Å². The summed E-state index contributed by atoms with van der Waals surface area (Å²) in [6.07, 6.45) is 0.571. The predicted octanol–water partition coefficient (Wildman–Crippen LogP) is 2.95. The second-order valence-corrected chi connectivity index (χ2v) is 10.3. The normalized spacial score (nSPS) is 22.3. The molecule has 4 aliphatic heterocycles. The van der Waals surface area contributed by atoms with E-state index in [9.17, 15) is 9.90 Å². The van der Waals surface area contributed by atoms with Gasteiger partial charge >= 0.3 is 0 Å². The maximum absolute atomic E-state index is 13.5. The van der Waals surface area contributed by atoms with Crippen LogP contribution in [-0.2, 0) is 22.6 Å². The molecule has 35 heavy (non-hydrogen) atoms. The van der Waals surface area contributed by atoms with Gasteiger partial charge in [0.15, 0.2) is 5.90 Å². The van der Waals surface area contributed by atoms with Crippen LogP contribution in [0.2, 0.25) is 0 Å². The van der Waals surface area contributed by atoms with E-state index in [0.717, 1.165) is 48.7 Å². The number of aromatic hydroxyl groups is 1. The molecule has 1 fully saturated rings. The van der Waals surface area contributed by atoms with Gasteiger partial charge < -0.3 is 29.8 Å². The molecule has 6 rings (SSSR count). The number of hydrogen-bond acceptors (Lipinski definition) is 8. The summed E-state index contributed by atoms with van der Waals surface area (Å²) in [6, 6.07) is 9.75. The molecule has 1 atom stereocenters. The number of nitrogens with one attached hydrogen (secondary N) is 2. The molecule has 0 aliphatic carbocycles. The highest BCUT2D eigenvalue weighted by Gasteiger charge is 2.33. The number of phenolic OH excluding ortho intramolecular Hbond substituents is 1. The number of morpholine rings is 1. The molecule has 0 aromatic heterocycles. The average molecular weight is 478 g/mol. The summed E-state index contributed by atoms with van der Waals surface area (Å²) in [5, 5.41) is 10.7. The summed E-state index contributed by atoms with van der Waals surface area (Å²) in [6.45, 7) is 8.95. The van der Waals surface area contributed by atoms with Gasteiger partial charge in [-0.05, 0) is 48.7 Å². The standard InChI is InChI=1S/C26H31N5O4/c1-26(2)15-35-24(27-26)12-22-19-10-20(23(32)11-21(19)28-29-22)25(33)31-13-16-3-4-18(9-17(16)14-31)30-5-7-34-8-6-30/h3-4,9-11,22,28-29,32H,5-8,12-15H2,1-2H3. The van der Waals surface area contributed by atoms with Gasteiger partial charge in [-0.2, -0.15) is 0 Å². The van der Waals surface area contributed by atoms with Crippen molar-refractivity contribution in [2.45, 2.75) is 44.9 Å². The van der Waals surface area contributed by atoms with Crippen molar-refractivity contribution in [1.29, 1.82) is 0 Å². The number of phenols is 1. The molecule has 0 spiro atoms. The molecule has 3 N–H and O–H groups in total. The van der Waals surface area contributed by atoms with Crippen molar-refractivity contribution in [2.75, 3.05) is 43.2 Å². The predicted molar refractivity (Wildman–Crippen MR) is 133 cm³/mol. The van der Waals surface area contributed by atoms with Crippen LogP contribution in [0.4, 0.5) is 11.4 Å². The number of anilines is 2. The van der Waals surface area contributed by atoms with Crippen LogP contribution in [-0.4, -0.2) is 60.3 Å². The van der Waals surface area contributed by atoms with E-state index < -0.39 is 0 Å². The zero-order valence-corrected chi connectivity index (χ0v) is 20.1. The molecule has 9 heteroatoms. The fraction of sp³-hybridized carbons (Fsp3) is 0.462. The lowest BCUT2D eigenvalue weighted by molar-refractivity contribution is 0.0748. The minimum atomic E-state index is -0.216. The number of amides is 1. The quantitative estimate of drug-likeness (QED) is 0.623. The van der Waals surface area contributed by atoms with Crippen LogP contribution in [0.1, 0.15) is 53.4 Å². The first-order valence-corrected chi connectivity index (χ1v) is 12.2. The van der Waals surface area contributed by atoms with E-state index in [0.29, 0.717) is 37.6 Å². The number of hydrazine groups is 1. The zero-order chi connectivity index (χ0) is 24.2.